The van der Waals surface area contributed by atoms with E-state index in [0.717, 1.165) is 18.2 Å². The summed E-state index contributed by atoms with van der Waals surface area (Å²) in [6.45, 7) is 5.19. The molecule has 10 heteroatoms. The van der Waals surface area contributed by atoms with Crippen molar-refractivity contribution in [3.63, 3.8) is 0 Å². The van der Waals surface area contributed by atoms with Crippen LogP contribution in [0.3, 0.4) is 0 Å². The third-order valence-electron chi connectivity index (χ3n) is 5.20. The van der Waals surface area contributed by atoms with E-state index in [1.165, 1.54) is 24.3 Å². The highest BCUT2D eigenvalue weighted by atomic mass is 32.2. The minimum absolute atomic E-state index is 0.0101. The van der Waals surface area contributed by atoms with Gasteiger partial charge in [-0.2, -0.15) is 13.2 Å². The van der Waals surface area contributed by atoms with Gasteiger partial charge in [0.2, 0.25) is 10.0 Å². The van der Waals surface area contributed by atoms with Gasteiger partial charge in [0.1, 0.15) is 11.5 Å². The fourth-order valence-electron chi connectivity index (χ4n) is 3.63. The number of hydrogen-bond donors (Lipinski definition) is 1. The number of benzene rings is 3. The second-order valence-electron chi connectivity index (χ2n) is 9.43. The predicted molar refractivity (Wildman–Crippen MR) is 133 cm³/mol. The Labute approximate surface area is 212 Å². The van der Waals surface area contributed by atoms with Gasteiger partial charge in [0.25, 0.3) is 0 Å². The van der Waals surface area contributed by atoms with Crippen molar-refractivity contribution in [2.75, 3.05) is 0 Å². The molecule has 0 aliphatic rings. The number of aromatic nitrogens is 2. The molecule has 1 heterocycles. The molecule has 0 aliphatic carbocycles. The van der Waals surface area contributed by atoms with Gasteiger partial charge in [0.05, 0.1) is 10.6 Å². The number of nitrogens with zero attached hydrogens (tertiary/aromatic N) is 2. The molecule has 1 N–H and O–H groups in total. The Morgan fingerprint density at radius 1 is 0.730 bits per heavy atom. The molecule has 3 aromatic carbocycles. The molecular weight excluding hydrogens is 506 g/mol. The first kappa shape index (κ1) is 26.4. The van der Waals surface area contributed by atoms with E-state index in [0.29, 0.717) is 22.3 Å². The molecule has 0 atom stereocenters. The van der Waals surface area contributed by atoms with Crippen LogP contribution in [-0.2, 0) is 16.2 Å². The summed E-state index contributed by atoms with van der Waals surface area (Å²) in [6.07, 6.45) is -4.73. The lowest BCUT2D eigenvalue weighted by Gasteiger charge is -2.20. The first-order valence-corrected chi connectivity index (χ1v) is 12.7. The first-order chi connectivity index (χ1) is 17.2. The molecule has 0 fully saturated rings. The highest BCUT2D eigenvalue weighted by Crippen LogP contribution is 2.33. The highest BCUT2D eigenvalue weighted by molar-refractivity contribution is 7.89. The minimum Gasteiger partial charge on any atom is -0.228 e. The quantitative estimate of drug-likeness (QED) is 0.292. The van der Waals surface area contributed by atoms with Gasteiger partial charge < -0.3 is 0 Å². The molecule has 0 amide bonds. The number of sulfonamides is 1. The van der Waals surface area contributed by atoms with Crippen LogP contribution in [-0.4, -0.2) is 23.9 Å². The van der Waals surface area contributed by atoms with Crippen LogP contribution >= 0.6 is 0 Å². The normalized spacial score (nSPS) is 12.5. The van der Waals surface area contributed by atoms with Crippen molar-refractivity contribution in [3.8, 4) is 33.8 Å². The number of hydrogen-bond acceptors (Lipinski definition) is 4. The average Bonchev–Trinajstić information content (AvgIpc) is 2.82. The van der Waals surface area contributed by atoms with Crippen molar-refractivity contribution in [3.05, 3.63) is 90.4 Å². The van der Waals surface area contributed by atoms with E-state index in [1.807, 2.05) is 0 Å². The SMILES string of the molecule is CC(C)(C)NS(=O)(=O)c1cccc(-c2cccc(-c3nc(-c4ccc(F)cc4)cc(C(F)(F)F)n3)c2)c1. The topological polar surface area (TPSA) is 72.0 Å². The maximum Gasteiger partial charge on any atom is 0.433 e. The van der Waals surface area contributed by atoms with Crippen LogP contribution in [0.2, 0.25) is 0 Å². The summed E-state index contributed by atoms with van der Waals surface area (Å²) < 4.78 is 82.5. The Balaban J connectivity index is 1.79. The van der Waals surface area contributed by atoms with Crippen molar-refractivity contribution >= 4 is 10.0 Å². The Bertz CT molecular complexity index is 1550. The maximum atomic E-state index is 13.6. The third kappa shape index (κ3) is 6.39. The van der Waals surface area contributed by atoms with E-state index in [1.54, 1.807) is 57.2 Å². The summed E-state index contributed by atoms with van der Waals surface area (Å²) in [7, 11) is -3.80. The van der Waals surface area contributed by atoms with Crippen LogP contribution in [0.5, 0.6) is 0 Å². The summed E-state index contributed by atoms with van der Waals surface area (Å²) >= 11 is 0. The Morgan fingerprint density at radius 3 is 1.95 bits per heavy atom. The third-order valence-corrected chi connectivity index (χ3v) is 6.95. The molecule has 1 aromatic heterocycles. The monoisotopic (exact) mass is 529 g/mol. The molecule has 0 saturated carbocycles. The van der Waals surface area contributed by atoms with E-state index in [9.17, 15) is 26.0 Å². The molecule has 0 radical (unpaired) electrons. The van der Waals surface area contributed by atoms with Gasteiger partial charge in [-0.25, -0.2) is 27.5 Å². The van der Waals surface area contributed by atoms with E-state index in [-0.39, 0.29) is 16.4 Å². The van der Waals surface area contributed by atoms with Crippen molar-refractivity contribution in [2.24, 2.45) is 0 Å². The van der Waals surface area contributed by atoms with Gasteiger partial charge >= 0.3 is 6.18 Å². The number of rotatable bonds is 5. The summed E-state index contributed by atoms with van der Waals surface area (Å²) in [5.74, 6) is -0.696. The molecule has 37 heavy (non-hydrogen) atoms. The smallest absolute Gasteiger partial charge is 0.228 e. The average molecular weight is 530 g/mol. The molecular formula is C27H23F4N3O2S. The molecule has 0 unspecified atom stereocenters. The van der Waals surface area contributed by atoms with Gasteiger partial charge in [0.15, 0.2) is 5.82 Å². The Kier molecular flexibility index (Phi) is 6.91. The molecule has 192 valence electrons. The summed E-state index contributed by atoms with van der Waals surface area (Å²) in [4.78, 5) is 8.10. The standard InChI is InChI=1S/C27H23F4N3O2S/c1-26(2,3)34-37(35,36)22-9-5-7-19(15-22)18-6-4-8-20(14-18)25-32-23(16-24(33-25)27(29,30)31)17-10-12-21(28)13-11-17/h4-16,34H,1-3H3. The van der Waals surface area contributed by atoms with Crippen LogP contribution in [0.1, 0.15) is 26.5 Å². The molecule has 4 rings (SSSR count). The van der Waals surface area contributed by atoms with Crippen molar-refractivity contribution in [1.29, 1.82) is 0 Å². The lowest BCUT2D eigenvalue weighted by molar-refractivity contribution is -0.141. The van der Waals surface area contributed by atoms with Crippen LogP contribution in [0.25, 0.3) is 33.8 Å². The Hall–Kier alpha value is -3.63. The van der Waals surface area contributed by atoms with E-state index in [2.05, 4.69) is 14.7 Å². The number of halogens is 4. The molecule has 4 aromatic rings. The number of nitrogens with one attached hydrogen (secondary N) is 1. The fourth-order valence-corrected chi connectivity index (χ4v) is 5.10. The minimum atomic E-state index is -4.73. The van der Waals surface area contributed by atoms with Crippen molar-refractivity contribution < 1.29 is 26.0 Å². The second-order valence-corrected chi connectivity index (χ2v) is 11.1. The van der Waals surface area contributed by atoms with Gasteiger partial charge in [-0.1, -0.05) is 30.3 Å². The van der Waals surface area contributed by atoms with E-state index in [4.69, 9.17) is 0 Å². The number of alkyl halides is 3. The van der Waals surface area contributed by atoms with Gasteiger partial charge in [-0.15, -0.1) is 0 Å². The zero-order valence-electron chi connectivity index (χ0n) is 20.1. The van der Waals surface area contributed by atoms with Crippen LogP contribution in [0.4, 0.5) is 17.6 Å². The predicted octanol–water partition coefficient (Wildman–Crippen LogP) is 6.71. The lowest BCUT2D eigenvalue weighted by Crippen LogP contribution is -2.40. The van der Waals surface area contributed by atoms with Gasteiger partial charge in [0, 0.05) is 16.7 Å². The molecule has 0 aliphatic heterocycles. The molecule has 0 saturated heterocycles. The zero-order chi connectivity index (χ0) is 27.0. The summed E-state index contributed by atoms with van der Waals surface area (Å²) in [5.41, 5.74) is -0.117. The molecule has 0 spiro atoms. The van der Waals surface area contributed by atoms with E-state index < -0.39 is 33.2 Å². The van der Waals surface area contributed by atoms with Crippen LogP contribution in [0, 0.1) is 5.82 Å². The van der Waals surface area contributed by atoms with Crippen LogP contribution < -0.4 is 4.72 Å². The summed E-state index contributed by atoms with van der Waals surface area (Å²) in [6, 6.07) is 18.5. The van der Waals surface area contributed by atoms with Crippen molar-refractivity contribution in [1.82, 2.24) is 14.7 Å². The lowest BCUT2D eigenvalue weighted by atomic mass is 10.0. The largest absolute Gasteiger partial charge is 0.433 e. The van der Waals surface area contributed by atoms with Gasteiger partial charge in [-0.05, 0) is 80.4 Å². The van der Waals surface area contributed by atoms with Crippen LogP contribution in [0.15, 0.2) is 83.8 Å². The second kappa shape index (κ2) is 9.68. The molecule has 5 nitrogen and oxygen atoms in total. The maximum absolute atomic E-state index is 13.6. The van der Waals surface area contributed by atoms with Gasteiger partial charge in [-0.3, -0.25) is 0 Å². The zero-order valence-corrected chi connectivity index (χ0v) is 21.0. The first-order valence-electron chi connectivity index (χ1n) is 11.2. The highest BCUT2D eigenvalue weighted by Gasteiger charge is 2.34. The van der Waals surface area contributed by atoms with Crippen molar-refractivity contribution in [2.45, 2.75) is 37.4 Å². The fraction of sp³-hybridized carbons (Fsp3) is 0.185. The molecule has 0 bridgehead atoms. The Morgan fingerprint density at radius 2 is 1.32 bits per heavy atom. The van der Waals surface area contributed by atoms with E-state index >= 15 is 0 Å². The summed E-state index contributed by atoms with van der Waals surface area (Å²) in [5, 5.41) is 0.